The predicted octanol–water partition coefficient (Wildman–Crippen LogP) is 5.91. The van der Waals surface area contributed by atoms with Crippen LogP contribution in [0, 0.1) is 17.7 Å². The molecule has 3 aromatic rings. The quantitative estimate of drug-likeness (QED) is 0.395. The van der Waals surface area contributed by atoms with Crippen LogP contribution >= 0.6 is 11.8 Å². The van der Waals surface area contributed by atoms with Crippen LogP contribution in [0.4, 0.5) is 4.39 Å². The molecule has 1 aliphatic rings. The lowest BCUT2D eigenvalue weighted by atomic mass is 9.76. The first-order valence-corrected chi connectivity index (χ1v) is 12.6. The Balaban J connectivity index is 1.51. The minimum absolute atomic E-state index is 0.0439. The number of ether oxygens (including phenoxy) is 1. The number of carboxylic acid groups (broad SMARTS) is 1. The first kappa shape index (κ1) is 24.5. The minimum Gasteiger partial charge on any atom is -0.497 e. The number of hydrogen-bond donors (Lipinski definition) is 2. The summed E-state index contributed by atoms with van der Waals surface area (Å²) in [6.07, 6.45) is 5.82. The number of halogens is 1. The molecule has 0 spiro atoms. The second-order valence-corrected chi connectivity index (χ2v) is 10.2. The molecular weight excluding hydrogens is 451 g/mol. The highest BCUT2D eigenvalue weighted by Crippen LogP contribution is 2.47. The molecule has 1 aliphatic heterocycles. The van der Waals surface area contributed by atoms with Crippen LogP contribution in [-0.4, -0.2) is 34.6 Å². The van der Waals surface area contributed by atoms with Crippen molar-refractivity contribution in [3.05, 3.63) is 66.1 Å². The summed E-state index contributed by atoms with van der Waals surface area (Å²) in [6.45, 7) is 2.76. The highest BCUT2D eigenvalue weighted by molar-refractivity contribution is 8.00. The Kier molecular flexibility index (Phi) is 7.73. The number of carboxylic acids is 1. The third-order valence-electron chi connectivity index (χ3n) is 6.86. The number of aliphatic carboxylic acids is 1. The minimum atomic E-state index is -0.790. The number of pyridine rings is 1. The van der Waals surface area contributed by atoms with Crippen molar-refractivity contribution in [3.63, 3.8) is 0 Å². The molecule has 1 aromatic heterocycles. The third kappa shape index (κ3) is 5.20. The van der Waals surface area contributed by atoms with E-state index in [0.717, 1.165) is 53.8 Å². The zero-order valence-corrected chi connectivity index (χ0v) is 20.4. The van der Waals surface area contributed by atoms with Gasteiger partial charge in [-0.05, 0) is 92.6 Å². The summed E-state index contributed by atoms with van der Waals surface area (Å²) in [5.41, 5.74) is 2.13. The van der Waals surface area contributed by atoms with E-state index in [0.29, 0.717) is 6.42 Å². The summed E-state index contributed by atoms with van der Waals surface area (Å²) in [6, 6.07) is 14.3. The van der Waals surface area contributed by atoms with Crippen molar-refractivity contribution in [1.82, 2.24) is 10.3 Å². The first-order chi connectivity index (χ1) is 16.5. The molecular formula is C27H31FN2O3S. The number of methoxy groups -OCH3 is 1. The maximum Gasteiger partial charge on any atom is 0.309 e. The van der Waals surface area contributed by atoms with Gasteiger partial charge in [0.25, 0.3) is 0 Å². The van der Waals surface area contributed by atoms with Crippen molar-refractivity contribution in [3.8, 4) is 5.75 Å². The van der Waals surface area contributed by atoms with E-state index in [1.807, 2.05) is 43.5 Å². The van der Waals surface area contributed by atoms with E-state index in [-0.39, 0.29) is 11.7 Å². The molecule has 34 heavy (non-hydrogen) atoms. The molecule has 180 valence electrons. The SMILES string of the molecule is CCC1(Sc2cccc(F)c2)NCC[C@@H](CCCc2ccnc3ccc(OC)cc23)[C@@H]1C(=O)O. The Labute approximate surface area is 204 Å². The number of hydrogen-bond acceptors (Lipinski definition) is 5. The van der Waals surface area contributed by atoms with E-state index in [9.17, 15) is 14.3 Å². The van der Waals surface area contributed by atoms with Gasteiger partial charge in [0.05, 0.1) is 23.4 Å². The molecule has 0 saturated carbocycles. The van der Waals surface area contributed by atoms with Crippen LogP contribution in [0.1, 0.15) is 38.2 Å². The highest BCUT2D eigenvalue weighted by Gasteiger charge is 2.49. The first-order valence-electron chi connectivity index (χ1n) is 11.8. The number of aryl methyl sites for hydroxylation is 1. The van der Waals surface area contributed by atoms with E-state index < -0.39 is 16.8 Å². The zero-order valence-electron chi connectivity index (χ0n) is 19.6. The highest BCUT2D eigenvalue weighted by atomic mass is 32.2. The molecule has 5 nitrogen and oxygen atoms in total. The van der Waals surface area contributed by atoms with Gasteiger partial charge in [-0.15, -0.1) is 11.8 Å². The van der Waals surface area contributed by atoms with E-state index in [4.69, 9.17) is 4.74 Å². The molecule has 1 unspecified atom stereocenters. The van der Waals surface area contributed by atoms with Gasteiger partial charge >= 0.3 is 5.97 Å². The van der Waals surface area contributed by atoms with E-state index in [1.165, 1.54) is 29.5 Å². The molecule has 0 bridgehead atoms. The molecule has 3 atom stereocenters. The summed E-state index contributed by atoms with van der Waals surface area (Å²) >= 11 is 1.45. The van der Waals surface area contributed by atoms with Gasteiger partial charge in [0, 0.05) is 16.5 Å². The summed E-state index contributed by atoms with van der Waals surface area (Å²) in [5, 5.41) is 14.8. The van der Waals surface area contributed by atoms with E-state index in [1.54, 1.807) is 13.2 Å². The standard InChI is InChI=1S/C27H31FN2O3S/c1-3-27(34-22-9-5-8-20(28)16-22)25(26(31)32)19(13-15-30-27)7-4-6-18-12-14-29-24-11-10-21(33-2)17-23(18)24/h5,8-12,14,16-17,19,25,30H,3-4,6-7,13,15H2,1-2H3,(H,31,32)/t19-,25-,27?/m1/s1. The Morgan fingerprint density at radius 2 is 2.15 bits per heavy atom. The second kappa shape index (κ2) is 10.7. The molecule has 0 radical (unpaired) electrons. The van der Waals surface area contributed by atoms with Crippen LogP contribution in [0.2, 0.25) is 0 Å². The van der Waals surface area contributed by atoms with Crippen molar-refractivity contribution in [2.24, 2.45) is 11.8 Å². The Bertz CT molecular complexity index is 1160. The van der Waals surface area contributed by atoms with Crippen LogP contribution in [0.25, 0.3) is 10.9 Å². The van der Waals surface area contributed by atoms with Crippen molar-refractivity contribution in [2.75, 3.05) is 13.7 Å². The van der Waals surface area contributed by atoms with Gasteiger partial charge in [0.15, 0.2) is 0 Å². The van der Waals surface area contributed by atoms with Crippen LogP contribution in [0.5, 0.6) is 5.75 Å². The maximum absolute atomic E-state index is 13.8. The Morgan fingerprint density at radius 1 is 1.29 bits per heavy atom. The lowest BCUT2D eigenvalue weighted by molar-refractivity contribution is -0.147. The number of fused-ring (bicyclic) bond motifs is 1. The van der Waals surface area contributed by atoms with Crippen molar-refractivity contribution in [1.29, 1.82) is 0 Å². The molecule has 1 saturated heterocycles. The Hall–Kier alpha value is -2.64. The number of carbonyl (C=O) groups is 1. The normalized spacial score (nSPS) is 22.6. The lowest BCUT2D eigenvalue weighted by Gasteiger charge is -2.46. The smallest absolute Gasteiger partial charge is 0.309 e. The fourth-order valence-electron chi connectivity index (χ4n) is 5.18. The predicted molar refractivity (Wildman–Crippen MR) is 134 cm³/mol. The van der Waals surface area contributed by atoms with Gasteiger partial charge in [0.1, 0.15) is 11.6 Å². The number of piperidine rings is 1. The average Bonchev–Trinajstić information content (AvgIpc) is 2.83. The van der Waals surface area contributed by atoms with Crippen molar-refractivity contribution < 1.29 is 19.0 Å². The van der Waals surface area contributed by atoms with Gasteiger partial charge < -0.3 is 15.2 Å². The van der Waals surface area contributed by atoms with Crippen LogP contribution in [-0.2, 0) is 11.2 Å². The number of nitrogens with zero attached hydrogens (tertiary/aromatic N) is 1. The van der Waals surface area contributed by atoms with Crippen LogP contribution in [0.3, 0.4) is 0 Å². The third-order valence-corrected chi connectivity index (χ3v) is 8.40. The topological polar surface area (TPSA) is 71.5 Å². The van der Waals surface area contributed by atoms with Gasteiger partial charge in [-0.2, -0.15) is 0 Å². The number of rotatable bonds is 9. The average molecular weight is 483 g/mol. The molecule has 0 aliphatic carbocycles. The lowest BCUT2D eigenvalue weighted by Crippen LogP contribution is -2.58. The van der Waals surface area contributed by atoms with E-state index in [2.05, 4.69) is 10.3 Å². The Morgan fingerprint density at radius 3 is 2.88 bits per heavy atom. The molecule has 2 N–H and O–H groups in total. The number of thioether (sulfide) groups is 1. The number of aromatic nitrogens is 1. The fraction of sp³-hybridized carbons (Fsp3) is 0.407. The van der Waals surface area contributed by atoms with Crippen LogP contribution < -0.4 is 10.1 Å². The molecule has 2 heterocycles. The summed E-state index contributed by atoms with van der Waals surface area (Å²) in [7, 11) is 1.65. The number of benzene rings is 2. The van der Waals surface area contributed by atoms with Crippen molar-refractivity contribution >= 4 is 28.6 Å². The fourth-order valence-corrected chi connectivity index (χ4v) is 6.66. The monoisotopic (exact) mass is 482 g/mol. The van der Waals surface area contributed by atoms with Gasteiger partial charge in [-0.25, -0.2) is 4.39 Å². The van der Waals surface area contributed by atoms with Gasteiger partial charge in [-0.3, -0.25) is 9.78 Å². The second-order valence-electron chi connectivity index (χ2n) is 8.84. The summed E-state index contributed by atoms with van der Waals surface area (Å²) < 4.78 is 19.2. The molecule has 4 rings (SSSR count). The van der Waals surface area contributed by atoms with E-state index >= 15 is 0 Å². The maximum atomic E-state index is 13.8. The largest absolute Gasteiger partial charge is 0.497 e. The zero-order chi connectivity index (χ0) is 24.1. The van der Waals surface area contributed by atoms with Gasteiger partial charge in [-0.1, -0.05) is 13.0 Å². The van der Waals surface area contributed by atoms with Gasteiger partial charge in [0.2, 0.25) is 0 Å². The summed E-state index contributed by atoms with van der Waals surface area (Å²) in [4.78, 5) is 17.1. The molecule has 2 aromatic carbocycles. The summed E-state index contributed by atoms with van der Waals surface area (Å²) in [5.74, 6) is -0.817. The van der Waals surface area contributed by atoms with Crippen LogP contribution in [0.15, 0.2) is 59.6 Å². The molecule has 1 fully saturated rings. The molecule has 7 heteroatoms. The number of nitrogens with one attached hydrogen (secondary N) is 1. The van der Waals surface area contributed by atoms with Crippen molar-refractivity contribution in [2.45, 2.75) is 48.8 Å². The molecule has 0 amide bonds.